The van der Waals surface area contributed by atoms with Crippen LogP contribution in [0.5, 0.6) is 5.88 Å². The molecule has 4 rings (SSSR count). The van der Waals surface area contributed by atoms with Gasteiger partial charge in [-0.2, -0.15) is 13.2 Å². The summed E-state index contributed by atoms with van der Waals surface area (Å²) in [5.74, 6) is 6.07. The fraction of sp³-hybridized carbons (Fsp3) is 0.444. The molecule has 0 saturated carbocycles. The number of anilines is 2. The summed E-state index contributed by atoms with van der Waals surface area (Å²) in [4.78, 5) is 6.53. The number of rotatable bonds is 7. The van der Waals surface area contributed by atoms with E-state index in [2.05, 4.69) is 27.5 Å². The standard InChI is InChI=1S/C27H31F4N4O2PS/c1-35-14-12-20(19(28)16-35)33-21-8-5-7-17-18(15-27(29,30)31)23(39-25(17)21)9-6-13-32-22-10-11-24(38(3,4)36)34-26(22)37-2/h5,7-8,10-11,19-20,32-33H,12-16H2,1-4H3/t19-,20+/m0/s1. The molecule has 0 bridgehead atoms. The largest absolute Gasteiger partial charge is 0.480 e. The third kappa shape index (κ3) is 7.24. The molecule has 39 heavy (non-hydrogen) atoms. The van der Waals surface area contributed by atoms with Crippen LogP contribution in [0.4, 0.5) is 28.9 Å². The zero-order chi connectivity index (χ0) is 28.4. The number of benzene rings is 1. The van der Waals surface area contributed by atoms with Crippen LogP contribution in [0, 0.1) is 11.8 Å². The monoisotopic (exact) mass is 582 g/mol. The van der Waals surface area contributed by atoms with Crippen LogP contribution in [0.2, 0.25) is 0 Å². The summed E-state index contributed by atoms with van der Waals surface area (Å²) < 4.78 is 73.5. The number of hydrogen-bond donors (Lipinski definition) is 2. The molecule has 0 aliphatic carbocycles. The van der Waals surface area contributed by atoms with Crippen LogP contribution in [-0.4, -0.2) is 75.4 Å². The van der Waals surface area contributed by atoms with E-state index in [0.717, 1.165) is 6.54 Å². The second-order valence-corrected chi connectivity index (χ2v) is 14.1. The van der Waals surface area contributed by atoms with Gasteiger partial charge in [0.15, 0.2) is 0 Å². The number of nitrogens with one attached hydrogen (secondary N) is 2. The Bertz CT molecular complexity index is 1440. The lowest BCUT2D eigenvalue weighted by Gasteiger charge is -2.33. The molecule has 0 unspecified atom stereocenters. The summed E-state index contributed by atoms with van der Waals surface area (Å²) >= 11 is 1.18. The maximum Gasteiger partial charge on any atom is 0.393 e. The molecule has 1 aliphatic rings. The van der Waals surface area contributed by atoms with Gasteiger partial charge in [-0.25, -0.2) is 9.37 Å². The quantitative estimate of drug-likeness (QED) is 0.216. The van der Waals surface area contributed by atoms with Crippen LogP contribution in [0.1, 0.15) is 16.9 Å². The van der Waals surface area contributed by atoms with Gasteiger partial charge in [-0.15, -0.1) is 11.3 Å². The molecule has 0 radical (unpaired) electrons. The van der Waals surface area contributed by atoms with Gasteiger partial charge in [-0.3, -0.25) is 0 Å². The van der Waals surface area contributed by atoms with E-state index in [1.165, 1.54) is 18.4 Å². The van der Waals surface area contributed by atoms with Gasteiger partial charge in [0.2, 0.25) is 5.88 Å². The Morgan fingerprint density at radius 1 is 1.23 bits per heavy atom. The number of likely N-dealkylation sites (tertiary alicyclic amines) is 1. The molecule has 3 aromatic rings. The van der Waals surface area contributed by atoms with Gasteiger partial charge in [-0.1, -0.05) is 24.0 Å². The zero-order valence-electron chi connectivity index (χ0n) is 22.2. The van der Waals surface area contributed by atoms with Gasteiger partial charge >= 0.3 is 6.18 Å². The molecule has 2 atom stereocenters. The Hall–Kier alpha value is -2.80. The first-order chi connectivity index (χ1) is 18.4. The van der Waals surface area contributed by atoms with Crippen molar-refractivity contribution in [3.8, 4) is 17.7 Å². The van der Waals surface area contributed by atoms with Crippen molar-refractivity contribution < 1.29 is 26.9 Å². The maximum absolute atomic E-state index is 14.7. The number of fused-ring (bicyclic) bond motifs is 1. The molecular formula is C27H31F4N4O2PS. The van der Waals surface area contributed by atoms with E-state index in [4.69, 9.17) is 4.74 Å². The molecule has 1 fully saturated rings. The zero-order valence-corrected chi connectivity index (χ0v) is 23.9. The van der Waals surface area contributed by atoms with Crippen LogP contribution in [0.15, 0.2) is 30.3 Å². The van der Waals surface area contributed by atoms with E-state index < -0.39 is 32.0 Å². The highest BCUT2D eigenvalue weighted by atomic mass is 32.1. The van der Waals surface area contributed by atoms with Crippen molar-refractivity contribution in [1.82, 2.24) is 9.88 Å². The third-order valence-corrected chi connectivity index (χ3v) is 8.99. The number of nitrogens with zero attached hydrogens (tertiary/aromatic N) is 2. The third-order valence-electron chi connectivity index (χ3n) is 6.44. The number of pyridine rings is 1. The van der Waals surface area contributed by atoms with Crippen molar-refractivity contribution >= 4 is 45.4 Å². The van der Waals surface area contributed by atoms with E-state index in [9.17, 15) is 22.1 Å². The molecular weight excluding hydrogens is 551 g/mol. The average Bonchev–Trinajstić information content (AvgIpc) is 3.19. The minimum absolute atomic E-state index is 0.115. The molecule has 2 N–H and O–H groups in total. The number of piperidine rings is 1. The molecule has 1 saturated heterocycles. The SMILES string of the molecule is COc1nc(P(C)(C)=O)ccc1NCC#Cc1sc2c(N[C@@H]3CCN(C)C[C@@H]3F)cccc2c1CC(F)(F)F. The average molecular weight is 583 g/mol. The Morgan fingerprint density at radius 3 is 2.67 bits per heavy atom. The predicted octanol–water partition coefficient (Wildman–Crippen LogP) is 5.58. The molecule has 2 aromatic heterocycles. The van der Waals surface area contributed by atoms with Gasteiger partial charge < -0.3 is 24.8 Å². The second-order valence-electron chi connectivity index (χ2n) is 9.93. The summed E-state index contributed by atoms with van der Waals surface area (Å²) in [5.41, 5.74) is 1.69. The van der Waals surface area contributed by atoms with Gasteiger partial charge in [0.25, 0.3) is 0 Å². The lowest BCUT2D eigenvalue weighted by molar-refractivity contribution is -0.126. The van der Waals surface area contributed by atoms with Crippen LogP contribution in [0.3, 0.4) is 0 Å². The fourth-order valence-corrected chi connectivity index (χ4v) is 6.40. The summed E-state index contributed by atoms with van der Waals surface area (Å²) in [6, 6.07) is 8.04. The smallest absolute Gasteiger partial charge is 0.393 e. The number of halogens is 4. The maximum atomic E-state index is 14.7. The molecule has 12 heteroatoms. The minimum atomic E-state index is -4.41. The number of alkyl halides is 4. The molecule has 0 amide bonds. The van der Waals surface area contributed by atoms with Crippen molar-refractivity contribution in [2.45, 2.75) is 31.2 Å². The highest BCUT2D eigenvalue weighted by Crippen LogP contribution is 2.40. The summed E-state index contributed by atoms with van der Waals surface area (Å²) in [5, 5.41) is 6.77. The first kappa shape index (κ1) is 29.2. The molecule has 3 heterocycles. The van der Waals surface area contributed by atoms with Crippen molar-refractivity contribution in [2.24, 2.45) is 0 Å². The Kier molecular flexibility index (Phi) is 8.79. The van der Waals surface area contributed by atoms with E-state index >= 15 is 0 Å². The summed E-state index contributed by atoms with van der Waals surface area (Å²) in [6.07, 6.45) is -6.01. The van der Waals surface area contributed by atoms with E-state index in [0.29, 0.717) is 44.7 Å². The fourth-order valence-electron chi connectivity index (χ4n) is 4.46. The van der Waals surface area contributed by atoms with Crippen molar-refractivity contribution in [2.75, 3.05) is 57.8 Å². The lowest BCUT2D eigenvalue weighted by Crippen LogP contribution is -2.46. The van der Waals surface area contributed by atoms with Crippen molar-refractivity contribution in [3.63, 3.8) is 0 Å². The van der Waals surface area contributed by atoms with Crippen LogP contribution < -0.4 is 20.8 Å². The summed E-state index contributed by atoms with van der Waals surface area (Å²) in [7, 11) is 0.735. The van der Waals surface area contributed by atoms with Gasteiger partial charge in [0.05, 0.1) is 47.1 Å². The first-order valence-corrected chi connectivity index (χ1v) is 15.8. The van der Waals surface area contributed by atoms with E-state index in [1.807, 2.05) is 11.9 Å². The number of aromatic nitrogens is 1. The van der Waals surface area contributed by atoms with Crippen molar-refractivity contribution in [3.05, 3.63) is 40.8 Å². The molecule has 6 nitrogen and oxygen atoms in total. The first-order valence-electron chi connectivity index (χ1n) is 12.4. The highest BCUT2D eigenvalue weighted by molar-refractivity contribution is 7.69. The minimum Gasteiger partial charge on any atom is -0.480 e. The van der Waals surface area contributed by atoms with E-state index in [-0.39, 0.29) is 18.0 Å². The number of thiophene rings is 1. The molecule has 1 aromatic carbocycles. The van der Waals surface area contributed by atoms with Crippen LogP contribution in [-0.2, 0) is 11.0 Å². The van der Waals surface area contributed by atoms with Gasteiger partial charge in [0.1, 0.15) is 18.7 Å². The normalized spacial score (nSPS) is 18.5. The molecule has 0 spiro atoms. The van der Waals surface area contributed by atoms with Crippen molar-refractivity contribution in [1.29, 1.82) is 0 Å². The van der Waals surface area contributed by atoms with Crippen LogP contribution in [0.25, 0.3) is 10.1 Å². The summed E-state index contributed by atoms with van der Waals surface area (Å²) in [6.45, 7) is 4.39. The number of hydrogen-bond acceptors (Lipinski definition) is 7. The number of methoxy groups -OCH3 is 1. The number of ether oxygens (including phenoxy) is 1. The Balaban J connectivity index is 1.60. The Morgan fingerprint density at radius 2 is 2.00 bits per heavy atom. The second kappa shape index (κ2) is 11.7. The highest BCUT2D eigenvalue weighted by Gasteiger charge is 2.32. The topological polar surface area (TPSA) is 66.5 Å². The lowest BCUT2D eigenvalue weighted by atomic mass is 10.0. The van der Waals surface area contributed by atoms with Gasteiger partial charge in [-0.05, 0) is 55.9 Å². The molecule has 1 aliphatic heterocycles. The molecule has 210 valence electrons. The van der Waals surface area contributed by atoms with Gasteiger partial charge in [0, 0.05) is 13.1 Å². The van der Waals surface area contributed by atoms with E-state index in [1.54, 1.807) is 43.7 Å². The Labute approximate surface area is 229 Å². The predicted molar refractivity (Wildman–Crippen MR) is 151 cm³/mol. The van der Waals surface area contributed by atoms with Crippen LogP contribution >= 0.6 is 18.5 Å².